The van der Waals surface area contributed by atoms with Gasteiger partial charge >= 0.3 is 0 Å². The summed E-state index contributed by atoms with van der Waals surface area (Å²) in [6.07, 6.45) is 0. The maximum atomic E-state index is 13.2. The van der Waals surface area contributed by atoms with Crippen LogP contribution in [0.3, 0.4) is 0 Å². The van der Waals surface area contributed by atoms with Crippen molar-refractivity contribution in [2.75, 3.05) is 0 Å². The van der Waals surface area contributed by atoms with Gasteiger partial charge in [-0.05, 0) is 12.0 Å². The van der Waals surface area contributed by atoms with Gasteiger partial charge in [0.25, 0.3) is 0 Å². The molecule has 0 spiro atoms. The summed E-state index contributed by atoms with van der Waals surface area (Å²) in [6.45, 7) is 4.11. The van der Waals surface area contributed by atoms with Crippen LogP contribution in [0.1, 0.15) is 25.5 Å². The molecule has 13 heavy (non-hydrogen) atoms. The highest BCUT2D eigenvalue weighted by atomic mass is 19.1. The average molecular weight is 178 g/mol. The Kier molecular flexibility index (Phi) is 1.79. The maximum Gasteiger partial charge on any atom is 0.151 e. The number of aromatic nitrogens is 2. The molecule has 0 amide bonds. The van der Waals surface area contributed by atoms with Crippen LogP contribution in [0.5, 0.6) is 0 Å². The molecule has 0 atom stereocenters. The molecular formula is C10H11FN2. The van der Waals surface area contributed by atoms with Gasteiger partial charge in [0, 0.05) is 11.1 Å². The molecule has 0 radical (unpaired) electrons. The van der Waals surface area contributed by atoms with E-state index in [-0.39, 0.29) is 5.82 Å². The Morgan fingerprint density at radius 3 is 2.85 bits per heavy atom. The standard InChI is InChI=1S/C10H11FN2/c1-6(2)9-7-4-3-5-8(11)10(7)13-12-9/h3-6H,1-2H3,(H,12,13). The van der Waals surface area contributed by atoms with Crippen LogP contribution in [0.4, 0.5) is 4.39 Å². The lowest BCUT2D eigenvalue weighted by atomic mass is 10.1. The van der Waals surface area contributed by atoms with E-state index in [1.165, 1.54) is 6.07 Å². The van der Waals surface area contributed by atoms with Crippen molar-refractivity contribution < 1.29 is 4.39 Å². The number of halogens is 1. The quantitative estimate of drug-likeness (QED) is 0.714. The summed E-state index contributed by atoms with van der Waals surface area (Å²) in [7, 11) is 0. The molecule has 1 aromatic heterocycles. The van der Waals surface area contributed by atoms with Crippen molar-refractivity contribution in [3.05, 3.63) is 29.7 Å². The van der Waals surface area contributed by atoms with E-state index in [9.17, 15) is 4.39 Å². The number of benzene rings is 1. The van der Waals surface area contributed by atoms with E-state index in [1.807, 2.05) is 6.07 Å². The van der Waals surface area contributed by atoms with Crippen molar-refractivity contribution in [3.8, 4) is 0 Å². The van der Waals surface area contributed by atoms with Gasteiger partial charge in [0.05, 0.1) is 0 Å². The van der Waals surface area contributed by atoms with Crippen LogP contribution in [0.25, 0.3) is 10.9 Å². The fourth-order valence-corrected chi connectivity index (χ4v) is 1.46. The molecule has 68 valence electrons. The zero-order valence-electron chi connectivity index (χ0n) is 7.63. The van der Waals surface area contributed by atoms with Crippen molar-refractivity contribution in [1.82, 2.24) is 10.2 Å². The van der Waals surface area contributed by atoms with Crippen molar-refractivity contribution >= 4 is 10.9 Å². The van der Waals surface area contributed by atoms with E-state index in [0.717, 1.165) is 11.1 Å². The van der Waals surface area contributed by atoms with E-state index >= 15 is 0 Å². The van der Waals surface area contributed by atoms with Crippen LogP contribution in [0.15, 0.2) is 18.2 Å². The molecule has 1 aromatic carbocycles. The minimum atomic E-state index is -0.263. The zero-order chi connectivity index (χ0) is 9.42. The second-order valence-electron chi connectivity index (χ2n) is 3.43. The largest absolute Gasteiger partial charge is 0.281 e. The van der Waals surface area contributed by atoms with Gasteiger partial charge in [0.2, 0.25) is 0 Å². The lowest BCUT2D eigenvalue weighted by molar-refractivity contribution is 0.636. The summed E-state index contributed by atoms with van der Waals surface area (Å²) in [5.74, 6) is 0.0763. The average Bonchev–Trinajstić information content (AvgIpc) is 2.48. The Morgan fingerprint density at radius 2 is 2.15 bits per heavy atom. The summed E-state index contributed by atoms with van der Waals surface area (Å²) in [5, 5.41) is 7.69. The minimum Gasteiger partial charge on any atom is -0.281 e. The van der Waals surface area contributed by atoms with Crippen LogP contribution in [-0.4, -0.2) is 10.2 Å². The lowest BCUT2D eigenvalue weighted by Gasteiger charge is -2.00. The van der Waals surface area contributed by atoms with Crippen molar-refractivity contribution in [3.63, 3.8) is 0 Å². The molecular weight excluding hydrogens is 167 g/mol. The van der Waals surface area contributed by atoms with E-state index in [2.05, 4.69) is 24.0 Å². The highest BCUT2D eigenvalue weighted by molar-refractivity contribution is 5.82. The predicted octanol–water partition coefficient (Wildman–Crippen LogP) is 2.83. The minimum absolute atomic E-state index is 0.263. The number of hydrogen-bond donors (Lipinski definition) is 1. The second-order valence-corrected chi connectivity index (χ2v) is 3.43. The molecule has 0 aliphatic carbocycles. The summed E-state index contributed by atoms with van der Waals surface area (Å²) in [6, 6.07) is 5.02. The number of nitrogens with one attached hydrogen (secondary N) is 1. The summed E-state index contributed by atoms with van der Waals surface area (Å²) < 4.78 is 13.2. The van der Waals surface area contributed by atoms with Gasteiger partial charge in [-0.1, -0.05) is 26.0 Å². The van der Waals surface area contributed by atoms with Gasteiger partial charge in [-0.15, -0.1) is 0 Å². The van der Waals surface area contributed by atoms with Crippen LogP contribution in [-0.2, 0) is 0 Å². The molecule has 0 fully saturated rings. The normalized spacial score (nSPS) is 11.4. The third kappa shape index (κ3) is 1.20. The number of aromatic amines is 1. The Morgan fingerprint density at radius 1 is 1.38 bits per heavy atom. The Balaban J connectivity index is 2.75. The molecule has 0 aliphatic rings. The Hall–Kier alpha value is -1.38. The second kappa shape index (κ2) is 2.83. The monoisotopic (exact) mass is 178 g/mol. The molecule has 2 rings (SSSR count). The number of H-pyrrole nitrogens is 1. The van der Waals surface area contributed by atoms with Gasteiger partial charge in [-0.3, -0.25) is 5.10 Å². The van der Waals surface area contributed by atoms with Crippen LogP contribution in [0, 0.1) is 5.82 Å². The SMILES string of the molecule is CC(C)c1[nH]nc2c(F)cccc12. The number of para-hydroxylation sites is 1. The van der Waals surface area contributed by atoms with Gasteiger partial charge in [-0.25, -0.2) is 4.39 Å². The molecule has 1 heterocycles. The van der Waals surface area contributed by atoms with Gasteiger partial charge in [0.1, 0.15) is 5.52 Å². The number of hydrogen-bond acceptors (Lipinski definition) is 1. The molecule has 0 unspecified atom stereocenters. The fourth-order valence-electron chi connectivity index (χ4n) is 1.46. The summed E-state index contributed by atoms with van der Waals surface area (Å²) >= 11 is 0. The third-order valence-electron chi connectivity index (χ3n) is 2.14. The van der Waals surface area contributed by atoms with Crippen LogP contribution >= 0.6 is 0 Å². The number of fused-ring (bicyclic) bond motifs is 1. The molecule has 0 aliphatic heterocycles. The first-order valence-electron chi connectivity index (χ1n) is 4.32. The summed E-state index contributed by atoms with van der Waals surface area (Å²) in [4.78, 5) is 0. The van der Waals surface area contributed by atoms with E-state index in [1.54, 1.807) is 6.07 Å². The Bertz CT molecular complexity index is 431. The van der Waals surface area contributed by atoms with Crippen LogP contribution in [0.2, 0.25) is 0 Å². The summed E-state index contributed by atoms with van der Waals surface area (Å²) in [5.41, 5.74) is 1.43. The number of nitrogens with zero attached hydrogens (tertiary/aromatic N) is 1. The van der Waals surface area contributed by atoms with E-state index in [0.29, 0.717) is 11.4 Å². The third-order valence-corrected chi connectivity index (χ3v) is 2.14. The van der Waals surface area contributed by atoms with Gasteiger partial charge < -0.3 is 0 Å². The molecule has 0 bridgehead atoms. The van der Waals surface area contributed by atoms with Crippen molar-refractivity contribution in [2.24, 2.45) is 0 Å². The molecule has 2 aromatic rings. The first-order valence-corrected chi connectivity index (χ1v) is 4.32. The molecule has 0 saturated heterocycles. The smallest absolute Gasteiger partial charge is 0.151 e. The highest BCUT2D eigenvalue weighted by Crippen LogP contribution is 2.23. The van der Waals surface area contributed by atoms with Crippen molar-refractivity contribution in [2.45, 2.75) is 19.8 Å². The zero-order valence-corrected chi connectivity index (χ0v) is 7.63. The Labute approximate surface area is 75.8 Å². The highest BCUT2D eigenvalue weighted by Gasteiger charge is 2.10. The topological polar surface area (TPSA) is 28.7 Å². The lowest BCUT2D eigenvalue weighted by Crippen LogP contribution is -1.87. The molecule has 0 saturated carbocycles. The number of rotatable bonds is 1. The predicted molar refractivity (Wildman–Crippen MR) is 50.1 cm³/mol. The van der Waals surface area contributed by atoms with Gasteiger partial charge in [0.15, 0.2) is 5.82 Å². The molecule has 2 nitrogen and oxygen atoms in total. The maximum absolute atomic E-state index is 13.2. The van der Waals surface area contributed by atoms with Gasteiger partial charge in [-0.2, -0.15) is 5.10 Å². The first kappa shape index (κ1) is 8.23. The van der Waals surface area contributed by atoms with Crippen LogP contribution < -0.4 is 0 Å². The molecule has 3 heteroatoms. The fraction of sp³-hybridized carbons (Fsp3) is 0.300. The van der Waals surface area contributed by atoms with E-state index in [4.69, 9.17) is 0 Å². The van der Waals surface area contributed by atoms with E-state index < -0.39 is 0 Å². The molecule has 1 N–H and O–H groups in total. The van der Waals surface area contributed by atoms with Crippen molar-refractivity contribution in [1.29, 1.82) is 0 Å². The first-order chi connectivity index (χ1) is 6.20.